The summed E-state index contributed by atoms with van der Waals surface area (Å²) in [5.74, 6) is 1.08. The van der Waals surface area contributed by atoms with Crippen molar-refractivity contribution in [3.8, 4) is 0 Å². The van der Waals surface area contributed by atoms with Gasteiger partial charge in [-0.3, -0.25) is 0 Å². The van der Waals surface area contributed by atoms with Gasteiger partial charge in [-0.2, -0.15) is 0 Å². The average Bonchev–Trinajstić information content (AvgIpc) is 2.48. The minimum absolute atomic E-state index is 0.129. The van der Waals surface area contributed by atoms with Gasteiger partial charge in [-0.25, -0.2) is 4.79 Å². The van der Waals surface area contributed by atoms with Crippen LogP contribution in [-0.4, -0.2) is 19.1 Å². The van der Waals surface area contributed by atoms with Gasteiger partial charge in [0.05, 0.1) is 0 Å². The van der Waals surface area contributed by atoms with E-state index in [1.165, 1.54) is 31.2 Å². The van der Waals surface area contributed by atoms with Crippen LogP contribution in [0.5, 0.6) is 0 Å². The molecule has 1 saturated carbocycles. The number of nitrogens with two attached hydrogens (primary N) is 1. The monoisotopic (exact) mass is 275 g/mol. The van der Waals surface area contributed by atoms with E-state index in [2.05, 4.69) is 10.6 Å². The lowest BCUT2D eigenvalue weighted by Gasteiger charge is -2.30. The van der Waals surface area contributed by atoms with Crippen molar-refractivity contribution in [2.45, 2.75) is 32.6 Å². The Morgan fingerprint density at radius 1 is 1.20 bits per heavy atom. The standard InChI is InChI=1S/C16H25N3O/c1-12-6-8-15(9-7-12)19-16(20)18-11-14-5-3-2-4-13(14)10-17/h6-9,13-14H,2-5,10-11,17H2,1H3,(H2,18,19,20). The van der Waals surface area contributed by atoms with Crippen LogP contribution in [0.2, 0.25) is 0 Å². The molecule has 110 valence electrons. The van der Waals surface area contributed by atoms with Crippen molar-refractivity contribution in [2.24, 2.45) is 17.6 Å². The molecule has 1 fully saturated rings. The fraction of sp³-hybridized carbons (Fsp3) is 0.562. The maximum absolute atomic E-state index is 11.9. The summed E-state index contributed by atoms with van der Waals surface area (Å²) in [6.07, 6.45) is 4.89. The fourth-order valence-electron chi connectivity index (χ4n) is 2.90. The van der Waals surface area contributed by atoms with Crippen LogP contribution < -0.4 is 16.4 Å². The largest absolute Gasteiger partial charge is 0.338 e. The Kier molecular flexibility index (Phi) is 5.41. The van der Waals surface area contributed by atoms with Gasteiger partial charge in [-0.1, -0.05) is 30.5 Å². The second-order valence-electron chi connectivity index (χ2n) is 5.74. The van der Waals surface area contributed by atoms with Crippen molar-refractivity contribution in [1.82, 2.24) is 5.32 Å². The van der Waals surface area contributed by atoms with Crippen LogP contribution in [0.15, 0.2) is 24.3 Å². The molecule has 2 rings (SSSR count). The van der Waals surface area contributed by atoms with E-state index in [0.29, 0.717) is 11.8 Å². The van der Waals surface area contributed by atoms with Crippen LogP contribution in [-0.2, 0) is 0 Å². The lowest BCUT2D eigenvalue weighted by atomic mass is 9.79. The lowest BCUT2D eigenvalue weighted by Crippen LogP contribution is -2.38. The average molecular weight is 275 g/mol. The number of benzene rings is 1. The van der Waals surface area contributed by atoms with E-state index in [1.807, 2.05) is 31.2 Å². The van der Waals surface area contributed by atoms with E-state index >= 15 is 0 Å². The maximum atomic E-state index is 11.9. The summed E-state index contributed by atoms with van der Waals surface area (Å²) in [5, 5.41) is 5.83. The molecule has 0 radical (unpaired) electrons. The molecule has 0 saturated heterocycles. The molecule has 0 heterocycles. The highest BCUT2D eigenvalue weighted by atomic mass is 16.2. The van der Waals surface area contributed by atoms with Crippen LogP contribution in [0.1, 0.15) is 31.2 Å². The van der Waals surface area contributed by atoms with Gasteiger partial charge in [0.2, 0.25) is 0 Å². The highest BCUT2D eigenvalue weighted by Gasteiger charge is 2.24. The number of carbonyl (C=O) groups is 1. The Hall–Kier alpha value is -1.55. The number of hydrogen-bond acceptors (Lipinski definition) is 2. The summed E-state index contributed by atoms with van der Waals surface area (Å²) in [5.41, 5.74) is 7.82. The third-order valence-electron chi connectivity index (χ3n) is 4.20. The molecule has 0 aliphatic heterocycles. The van der Waals surface area contributed by atoms with Crippen molar-refractivity contribution in [1.29, 1.82) is 0 Å². The van der Waals surface area contributed by atoms with E-state index in [9.17, 15) is 4.79 Å². The highest BCUT2D eigenvalue weighted by Crippen LogP contribution is 2.28. The number of amides is 2. The second-order valence-corrected chi connectivity index (χ2v) is 5.74. The zero-order chi connectivity index (χ0) is 14.4. The van der Waals surface area contributed by atoms with E-state index in [0.717, 1.165) is 18.8 Å². The van der Waals surface area contributed by atoms with E-state index < -0.39 is 0 Å². The molecular formula is C16H25N3O. The van der Waals surface area contributed by atoms with Crippen LogP contribution in [0.25, 0.3) is 0 Å². The quantitative estimate of drug-likeness (QED) is 0.791. The number of nitrogens with one attached hydrogen (secondary N) is 2. The number of urea groups is 1. The summed E-state index contributed by atoms with van der Waals surface area (Å²) in [7, 11) is 0. The summed E-state index contributed by atoms with van der Waals surface area (Å²) in [4.78, 5) is 11.9. The molecule has 1 aromatic rings. The first-order chi connectivity index (χ1) is 9.69. The van der Waals surface area contributed by atoms with Crippen LogP contribution in [0.4, 0.5) is 10.5 Å². The molecule has 1 aliphatic carbocycles. The molecule has 4 nitrogen and oxygen atoms in total. The Morgan fingerprint density at radius 2 is 1.85 bits per heavy atom. The lowest BCUT2D eigenvalue weighted by molar-refractivity contribution is 0.225. The van der Waals surface area contributed by atoms with Crippen molar-refractivity contribution >= 4 is 11.7 Å². The molecule has 20 heavy (non-hydrogen) atoms. The van der Waals surface area contributed by atoms with E-state index in [1.54, 1.807) is 0 Å². The van der Waals surface area contributed by atoms with Crippen molar-refractivity contribution < 1.29 is 4.79 Å². The van der Waals surface area contributed by atoms with Gasteiger partial charge in [0.15, 0.2) is 0 Å². The summed E-state index contributed by atoms with van der Waals surface area (Å²) in [6, 6.07) is 7.67. The van der Waals surface area contributed by atoms with Crippen LogP contribution >= 0.6 is 0 Å². The predicted octanol–water partition coefficient (Wildman–Crippen LogP) is 2.88. The fourth-order valence-corrected chi connectivity index (χ4v) is 2.90. The van der Waals surface area contributed by atoms with E-state index in [-0.39, 0.29) is 6.03 Å². The first-order valence-electron chi connectivity index (χ1n) is 7.50. The highest BCUT2D eigenvalue weighted by molar-refractivity contribution is 5.89. The van der Waals surface area contributed by atoms with Gasteiger partial charge in [-0.15, -0.1) is 0 Å². The Morgan fingerprint density at radius 3 is 2.50 bits per heavy atom. The van der Waals surface area contributed by atoms with E-state index in [4.69, 9.17) is 5.73 Å². The molecule has 2 amide bonds. The van der Waals surface area contributed by atoms with Crippen molar-refractivity contribution in [2.75, 3.05) is 18.4 Å². The van der Waals surface area contributed by atoms with Crippen molar-refractivity contribution in [3.63, 3.8) is 0 Å². The zero-order valence-electron chi connectivity index (χ0n) is 12.2. The number of anilines is 1. The van der Waals surface area contributed by atoms with Gasteiger partial charge in [0.25, 0.3) is 0 Å². The van der Waals surface area contributed by atoms with Crippen molar-refractivity contribution in [3.05, 3.63) is 29.8 Å². The van der Waals surface area contributed by atoms with Gasteiger partial charge in [-0.05, 0) is 50.3 Å². The topological polar surface area (TPSA) is 67.2 Å². The maximum Gasteiger partial charge on any atom is 0.319 e. The zero-order valence-corrected chi connectivity index (χ0v) is 12.2. The molecule has 4 N–H and O–H groups in total. The van der Waals surface area contributed by atoms with Gasteiger partial charge >= 0.3 is 6.03 Å². The smallest absolute Gasteiger partial charge is 0.319 e. The molecule has 0 spiro atoms. The Labute approximate surface area is 121 Å². The summed E-state index contributed by atoms with van der Waals surface area (Å²) in [6.45, 7) is 3.48. The molecule has 0 bridgehead atoms. The van der Waals surface area contributed by atoms with Gasteiger partial charge < -0.3 is 16.4 Å². The molecule has 0 aromatic heterocycles. The third kappa shape index (κ3) is 4.23. The predicted molar refractivity (Wildman–Crippen MR) is 82.7 cm³/mol. The molecule has 2 unspecified atom stereocenters. The van der Waals surface area contributed by atoms with Gasteiger partial charge in [0.1, 0.15) is 0 Å². The Balaban J connectivity index is 1.78. The van der Waals surface area contributed by atoms with Crippen LogP contribution in [0.3, 0.4) is 0 Å². The summed E-state index contributed by atoms with van der Waals surface area (Å²) >= 11 is 0. The number of aryl methyl sites for hydroxylation is 1. The minimum Gasteiger partial charge on any atom is -0.338 e. The molecule has 1 aliphatic rings. The molecule has 2 atom stereocenters. The van der Waals surface area contributed by atoms with Gasteiger partial charge in [0, 0.05) is 12.2 Å². The molecule has 1 aromatic carbocycles. The normalized spacial score (nSPS) is 22.3. The first kappa shape index (κ1) is 14.9. The molecule has 4 heteroatoms. The second kappa shape index (κ2) is 7.29. The third-order valence-corrected chi connectivity index (χ3v) is 4.20. The first-order valence-corrected chi connectivity index (χ1v) is 7.50. The SMILES string of the molecule is Cc1ccc(NC(=O)NCC2CCCCC2CN)cc1. The molecular weight excluding hydrogens is 250 g/mol. The number of rotatable bonds is 4. The number of carbonyl (C=O) groups excluding carboxylic acids is 1. The summed E-state index contributed by atoms with van der Waals surface area (Å²) < 4.78 is 0. The number of hydrogen-bond donors (Lipinski definition) is 3. The van der Waals surface area contributed by atoms with Crippen LogP contribution in [0, 0.1) is 18.8 Å². The minimum atomic E-state index is -0.129. The Bertz CT molecular complexity index is 430.